The van der Waals surface area contributed by atoms with Gasteiger partial charge in [-0.3, -0.25) is 4.79 Å². The van der Waals surface area contributed by atoms with Crippen molar-refractivity contribution in [2.45, 2.75) is 83.4 Å². The molecule has 4 rings (SSSR count). The van der Waals surface area contributed by atoms with Crippen LogP contribution in [0.2, 0.25) is 0 Å². The van der Waals surface area contributed by atoms with Gasteiger partial charge in [-0.05, 0) is 85.9 Å². The van der Waals surface area contributed by atoms with Crippen LogP contribution >= 0.6 is 31.0 Å². The van der Waals surface area contributed by atoms with Gasteiger partial charge in [0.2, 0.25) is 11.9 Å². The number of alkyl carbamates (subject to hydrolysis) is 1. The van der Waals surface area contributed by atoms with Crippen LogP contribution in [0.3, 0.4) is 0 Å². The second-order valence-corrected chi connectivity index (χ2v) is 10.2. The van der Waals surface area contributed by atoms with Gasteiger partial charge in [-0.2, -0.15) is 0 Å². The van der Waals surface area contributed by atoms with Crippen LogP contribution in [-0.2, 0) is 9.53 Å². The first-order valence-electron chi connectivity index (χ1n) is 11.8. The average Bonchev–Trinajstić information content (AvgIpc) is 3.10. The van der Waals surface area contributed by atoms with E-state index >= 15 is 0 Å². The summed E-state index contributed by atoms with van der Waals surface area (Å²) < 4.78 is 7.37. The van der Waals surface area contributed by atoms with E-state index in [1.807, 2.05) is 71.8 Å². The number of anilines is 2. The van der Waals surface area contributed by atoms with Gasteiger partial charge in [0.15, 0.2) is 0 Å². The third kappa shape index (κ3) is 6.30. The summed E-state index contributed by atoms with van der Waals surface area (Å²) in [5, 5.41) is 2.92. The molecular weight excluding hydrogens is 565 g/mol. The average molecular weight is 602 g/mol. The van der Waals surface area contributed by atoms with Crippen LogP contribution in [0, 0.1) is 5.92 Å². The summed E-state index contributed by atoms with van der Waals surface area (Å²) in [7, 11) is 5.34. The number of fused-ring (bicyclic) bond motifs is 1. The predicted octanol–water partition coefficient (Wildman–Crippen LogP) is 5.66. The minimum Gasteiger partial charge on any atom is -0.444 e. The number of nitrogens with one attached hydrogen (secondary N) is 1. The number of rotatable bonds is 4. The Bertz CT molecular complexity index is 1010. The van der Waals surface area contributed by atoms with Gasteiger partial charge in [-0.25, -0.2) is 9.78 Å². The lowest BCUT2D eigenvalue weighted by atomic mass is 9.86. The summed E-state index contributed by atoms with van der Waals surface area (Å²) in [5.74, 6) is 0.766. The van der Waals surface area contributed by atoms with Crippen molar-refractivity contribution in [1.29, 1.82) is 0 Å². The van der Waals surface area contributed by atoms with Crippen LogP contribution in [-0.4, -0.2) is 40.2 Å². The maximum Gasteiger partial charge on any atom is 0.407 e. The highest BCUT2D eigenvalue weighted by Gasteiger charge is 2.35. The molecule has 1 heterocycles. The number of nitrogen functional groups attached to an aromatic ring is 1. The molecular formula is C24H36IN5O3S. The zero-order valence-corrected chi connectivity index (χ0v) is 23.4. The zero-order valence-electron chi connectivity index (χ0n) is 20.4. The van der Waals surface area contributed by atoms with Crippen LogP contribution in [0.15, 0.2) is 18.2 Å². The molecule has 2 aliphatic carbocycles. The Morgan fingerprint density at radius 2 is 1.85 bits per heavy atom. The third-order valence-electron chi connectivity index (χ3n) is 6.57. The van der Waals surface area contributed by atoms with Gasteiger partial charge in [0, 0.05) is 30.7 Å². The van der Waals surface area contributed by atoms with Gasteiger partial charge in [0.1, 0.15) is 5.60 Å². The van der Waals surface area contributed by atoms with E-state index in [1.165, 1.54) is 6.42 Å². The number of benzene rings is 1. The first kappa shape index (κ1) is 26.9. The summed E-state index contributed by atoms with van der Waals surface area (Å²) in [6.07, 6.45) is 6.61. The molecule has 2 amide bonds. The molecule has 2 fully saturated rings. The largest absolute Gasteiger partial charge is 0.444 e. The number of hydrogen-bond acceptors (Lipinski definition) is 6. The molecule has 2 saturated carbocycles. The quantitative estimate of drug-likeness (QED) is 0.310. The third-order valence-corrected chi connectivity index (χ3v) is 6.57. The Morgan fingerprint density at radius 1 is 1.21 bits per heavy atom. The molecule has 0 aliphatic heterocycles. The lowest BCUT2D eigenvalue weighted by Gasteiger charge is -2.37. The first-order chi connectivity index (χ1) is 16.1. The fraction of sp³-hybridized carbons (Fsp3) is 0.625. The van der Waals surface area contributed by atoms with Crippen LogP contribution in [0.5, 0.6) is 0 Å². The van der Waals surface area contributed by atoms with E-state index in [-0.39, 0.29) is 30.0 Å². The summed E-state index contributed by atoms with van der Waals surface area (Å²) in [6.45, 7) is 5.55. The molecule has 0 saturated heterocycles. The molecule has 2 aliphatic rings. The monoisotopic (exact) mass is 601 g/mol. The lowest BCUT2D eigenvalue weighted by Crippen LogP contribution is -2.46. The van der Waals surface area contributed by atoms with Crippen molar-refractivity contribution in [3.05, 3.63) is 18.2 Å². The van der Waals surface area contributed by atoms with E-state index in [0.29, 0.717) is 5.95 Å². The number of halogens is 1. The number of thiol groups is 1. The van der Waals surface area contributed by atoms with Crippen molar-refractivity contribution < 1.29 is 14.3 Å². The van der Waals surface area contributed by atoms with E-state index in [4.69, 9.17) is 10.5 Å². The smallest absolute Gasteiger partial charge is 0.407 e. The summed E-state index contributed by atoms with van der Waals surface area (Å²) >= 11 is 1.84. The Labute approximate surface area is 219 Å². The second-order valence-electron chi connectivity index (χ2n) is 10.2. The topological polar surface area (TPSA) is 102 Å². The maximum absolute atomic E-state index is 12.9. The number of amides is 2. The van der Waals surface area contributed by atoms with E-state index in [1.54, 1.807) is 4.90 Å². The van der Waals surface area contributed by atoms with Gasteiger partial charge in [-0.15, -0.1) is 9.80 Å². The number of aromatic nitrogens is 2. The number of carbonyl (C=O) groups excluding carboxylic acids is 2. The van der Waals surface area contributed by atoms with Gasteiger partial charge in [0.25, 0.3) is 0 Å². The number of carbonyl (C=O) groups is 2. The highest BCUT2D eigenvalue weighted by atomic mass is 127. The molecule has 0 spiro atoms. The van der Waals surface area contributed by atoms with Gasteiger partial charge >= 0.3 is 6.09 Å². The number of nitrogens with two attached hydrogens (primary N) is 1. The predicted molar refractivity (Wildman–Crippen MR) is 149 cm³/mol. The van der Waals surface area contributed by atoms with Crippen LogP contribution in [0.25, 0.3) is 11.0 Å². The molecule has 2 aromatic rings. The number of ether oxygens (including phenoxy) is 1. The molecule has 3 N–H and O–H groups in total. The molecule has 0 unspecified atom stereocenters. The SMILES string of the molecule is CN(C(=O)C1CCCCC1)c1ccc2c(c1)nc(N)n2C1CC(NC(=O)OC(C)(C)C)C1.SI. The van der Waals surface area contributed by atoms with Gasteiger partial charge in [-0.1, -0.05) is 19.3 Å². The van der Waals surface area contributed by atoms with Crippen LogP contribution in [0.1, 0.15) is 71.8 Å². The number of nitrogens with zero attached hydrogens (tertiary/aromatic N) is 3. The summed E-state index contributed by atoms with van der Waals surface area (Å²) in [5.41, 5.74) is 8.32. The Morgan fingerprint density at radius 3 is 2.47 bits per heavy atom. The van der Waals surface area contributed by atoms with Crippen LogP contribution in [0.4, 0.5) is 16.4 Å². The molecule has 0 bridgehead atoms. The molecule has 10 heteroatoms. The summed E-state index contributed by atoms with van der Waals surface area (Å²) in [6, 6.07) is 6.14. The number of hydrogen-bond donors (Lipinski definition) is 3. The molecule has 1 aromatic carbocycles. The van der Waals surface area contributed by atoms with Crippen molar-refractivity contribution in [3.63, 3.8) is 0 Å². The Kier molecular flexibility index (Phi) is 8.99. The van der Waals surface area contributed by atoms with E-state index in [9.17, 15) is 9.59 Å². The second kappa shape index (κ2) is 11.4. The Balaban J connectivity index is 0.00000158. The van der Waals surface area contributed by atoms with Crippen molar-refractivity contribution >= 4 is 65.7 Å². The van der Waals surface area contributed by atoms with Gasteiger partial charge in [0.05, 0.1) is 11.0 Å². The van der Waals surface area contributed by atoms with Crippen molar-refractivity contribution in [1.82, 2.24) is 14.9 Å². The molecule has 1 aromatic heterocycles. The van der Waals surface area contributed by atoms with Crippen molar-refractivity contribution in [2.24, 2.45) is 5.92 Å². The van der Waals surface area contributed by atoms with E-state index in [2.05, 4.69) is 20.1 Å². The molecule has 34 heavy (non-hydrogen) atoms. The minimum absolute atomic E-state index is 0.0604. The maximum atomic E-state index is 12.9. The van der Waals surface area contributed by atoms with E-state index < -0.39 is 5.60 Å². The molecule has 8 nitrogen and oxygen atoms in total. The molecule has 0 atom stereocenters. The molecule has 0 radical (unpaired) electrons. The fourth-order valence-corrected chi connectivity index (χ4v) is 4.84. The van der Waals surface area contributed by atoms with Crippen LogP contribution < -0.4 is 16.0 Å². The Hall–Kier alpha value is -1.69. The highest BCUT2D eigenvalue weighted by molar-refractivity contribution is 14.2. The fourth-order valence-electron chi connectivity index (χ4n) is 4.84. The minimum atomic E-state index is -0.512. The first-order valence-corrected chi connectivity index (χ1v) is 15.1. The normalized spacial score (nSPS) is 20.6. The lowest BCUT2D eigenvalue weighted by molar-refractivity contribution is -0.123. The number of imidazole rings is 1. The standard InChI is InChI=1S/C24H35N5O3.HIS/c1-24(2,3)32-23(31)26-16-12-18(13-16)29-20-11-10-17(14-19(20)27-22(29)25)28(4)21(30)15-8-6-5-7-9-15;1-2/h10-11,14-16,18H,5-9,12-13H2,1-4H3,(H2,25,27)(H,26,31);2H. The molecule has 188 valence electrons. The van der Waals surface area contributed by atoms with Crippen molar-refractivity contribution in [2.75, 3.05) is 17.7 Å². The van der Waals surface area contributed by atoms with E-state index in [0.717, 1.165) is 55.2 Å². The van der Waals surface area contributed by atoms with Crippen molar-refractivity contribution in [3.8, 4) is 0 Å². The van der Waals surface area contributed by atoms with Gasteiger partial charge < -0.3 is 25.3 Å². The highest BCUT2D eigenvalue weighted by Crippen LogP contribution is 2.38. The summed E-state index contributed by atoms with van der Waals surface area (Å²) in [4.78, 5) is 31.2. The zero-order chi connectivity index (χ0) is 25.0.